The topological polar surface area (TPSA) is 82.4 Å². The summed E-state index contributed by atoms with van der Waals surface area (Å²) >= 11 is 12.1. The lowest BCUT2D eigenvalue weighted by Gasteiger charge is -2.19. The maximum absolute atomic E-state index is 12.5. The molecule has 9 heteroatoms. The van der Waals surface area contributed by atoms with Crippen molar-refractivity contribution in [2.45, 2.75) is 6.92 Å². The third-order valence-electron chi connectivity index (χ3n) is 4.19. The Balaban J connectivity index is 1.64. The number of nitrogens with one attached hydrogen (secondary N) is 1. The average molecular weight is 428 g/mol. The summed E-state index contributed by atoms with van der Waals surface area (Å²) in [6.45, 7) is 1.73. The van der Waals surface area contributed by atoms with Crippen LogP contribution in [-0.2, 0) is 4.79 Å². The van der Waals surface area contributed by atoms with Crippen molar-refractivity contribution in [2.75, 3.05) is 16.3 Å². The summed E-state index contributed by atoms with van der Waals surface area (Å²) in [6, 6.07) is 15.5. The summed E-state index contributed by atoms with van der Waals surface area (Å²) in [7, 11) is 0. The predicted octanol–water partition coefficient (Wildman–Crippen LogP) is 4.67. The zero-order chi connectivity index (χ0) is 20.5. The highest BCUT2D eigenvalue weighted by Gasteiger charge is 2.36. The van der Waals surface area contributed by atoms with Crippen molar-refractivity contribution >= 4 is 46.7 Å². The molecule has 1 aliphatic rings. The van der Waals surface area contributed by atoms with Gasteiger partial charge in [0.05, 0.1) is 10.7 Å². The normalized spacial score (nSPS) is 13.9. The quantitative estimate of drug-likeness (QED) is 0.653. The number of aryl methyl sites for hydroxylation is 1. The number of amides is 1. The minimum absolute atomic E-state index is 0.0257. The van der Waals surface area contributed by atoms with Crippen LogP contribution in [0, 0.1) is 12.3 Å². The Bertz CT molecular complexity index is 1110. The molecule has 1 saturated heterocycles. The predicted molar refractivity (Wildman–Crippen MR) is 112 cm³/mol. The minimum Gasteiger partial charge on any atom is -0.437 e. The van der Waals surface area contributed by atoms with Crippen LogP contribution in [0.5, 0.6) is 11.6 Å². The fraction of sp³-hybridized carbons (Fsp3) is 0.100. The van der Waals surface area contributed by atoms with Crippen molar-refractivity contribution in [1.82, 2.24) is 9.97 Å². The van der Waals surface area contributed by atoms with Gasteiger partial charge in [0.15, 0.2) is 0 Å². The van der Waals surface area contributed by atoms with E-state index < -0.39 is 0 Å². The number of carbonyl (C=O) groups is 1. The largest absolute Gasteiger partial charge is 0.437 e. The number of ether oxygens (including phenoxy) is 1. The SMILES string of the molecule is Cc1cc(Oc2ccc(Cl)cc2Cl)nc(N2CC(=O)N(c3ccccc3)C2=N)n1. The van der Waals surface area contributed by atoms with Crippen LogP contribution in [0.2, 0.25) is 10.0 Å². The number of rotatable bonds is 4. The molecule has 1 aromatic heterocycles. The van der Waals surface area contributed by atoms with Crippen molar-refractivity contribution in [1.29, 1.82) is 5.41 Å². The van der Waals surface area contributed by atoms with Gasteiger partial charge in [-0.05, 0) is 37.3 Å². The molecule has 3 aromatic rings. The molecule has 4 rings (SSSR count). The molecule has 1 amide bonds. The number of para-hydroxylation sites is 1. The van der Waals surface area contributed by atoms with Gasteiger partial charge in [0.1, 0.15) is 12.3 Å². The molecule has 0 saturated carbocycles. The summed E-state index contributed by atoms with van der Waals surface area (Å²) in [4.78, 5) is 24.0. The summed E-state index contributed by atoms with van der Waals surface area (Å²) < 4.78 is 5.78. The second kappa shape index (κ2) is 7.69. The Morgan fingerprint density at radius 2 is 1.83 bits per heavy atom. The maximum Gasteiger partial charge on any atom is 0.254 e. The number of nitrogens with zero attached hydrogens (tertiary/aromatic N) is 4. The van der Waals surface area contributed by atoms with E-state index in [0.717, 1.165) is 0 Å². The van der Waals surface area contributed by atoms with Gasteiger partial charge < -0.3 is 4.74 Å². The number of guanidine groups is 1. The summed E-state index contributed by atoms with van der Waals surface area (Å²) in [5.41, 5.74) is 1.23. The Morgan fingerprint density at radius 3 is 2.55 bits per heavy atom. The number of benzene rings is 2. The lowest BCUT2D eigenvalue weighted by atomic mass is 10.3. The van der Waals surface area contributed by atoms with E-state index in [2.05, 4.69) is 9.97 Å². The van der Waals surface area contributed by atoms with Crippen LogP contribution in [0.3, 0.4) is 0 Å². The van der Waals surface area contributed by atoms with E-state index in [-0.39, 0.29) is 30.2 Å². The van der Waals surface area contributed by atoms with Crippen molar-refractivity contribution in [2.24, 2.45) is 0 Å². The number of hydrogen-bond donors (Lipinski definition) is 1. The maximum atomic E-state index is 12.5. The average Bonchev–Trinajstić information content (AvgIpc) is 2.98. The van der Waals surface area contributed by atoms with Gasteiger partial charge in [0, 0.05) is 16.8 Å². The van der Waals surface area contributed by atoms with E-state index in [1.54, 1.807) is 43.3 Å². The molecular formula is C20H15Cl2N5O2. The van der Waals surface area contributed by atoms with Crippen LogP contribution in [0.15, 0.2) is 54.6 Å². The fourth-order valence-corrected chi connectivity index (χ4v) is 3.34. The molecule has 0 aliphatic carbocycles. The fourth-order valence-electron chi connectivity index (χ4n) is 2.90. The summed E-state index contributed by atoms with van der Waals surface area (Å²) in [6.07, 6.45) is 0. The van der Waals surface area contributed by atoms with Gasteiger partial charge in [-0.3, -0.25) is 15.1 Å². The minimum atomic E-state index is -0.241. The monoisotopic (exact) mass is 427 g/mol. The molecule has 7 nitrogen and oxygen atoms in total. The molecular weight excluding hydrogens is 413 g/mol. The molecule has 1 aliphatic heterocycles. The number of carbonyl (C=O) groups excluding carboxylic acids is 1. The standard InChI is InChI=1S/C20H15Cl2N5O2/c1-12-9-17(29-16-8-7-13(21)10-15(16)22)25-20(24-12)26-11-18(28)27(19(26)23)14-5-3-2-4-6-14/h2-10,23H,11H2,1H3. The second-order valence-electron chi connectivity index (χ2n) is 6.30. The van der Waals surface area contributed by atoms with Crippen LogP contribution in [0.4, 0.5) is 11.6 Å². The number of hydrogen-bond acceptors (Lipinski definition) is 5. The first-order valence-corrected chi connectivity index (χ1v) is 9.40. The van der Waals surface area contributed by atoms with Crippen molar-refractivity contribution in [3.63, 3.8) is 0 Å². The molecule has 0 spiro atoms. The highest BCUT2D eigenvalue weighted by molar-refractivity contribution is 6.35. The first kappa shape index (κ1) is 19.2. The Morgan fingerprint density at radius 1 is 1.07 bits per heavy atom. The van der Waals surface area contributed by atoms with Gasteiger partial charge in [-0.25, -0.2) is 9.88 Å². The zero-order valence-corrected chi connectivity index (χ0v) is 16.8. The van der Waals surface area contributed by atoms with Gasteiger partial charge in [-0.1, -0.05) is 41.4 Å². The van der Waals surface area contributed by atoms with Gasteiger partial charge in [-0.2, -0.15) is 4.98 Å². The lowest BCUT2D eigenvalue weighted by Crippen LogP contribution is -2.34. The molecule has 2 aromatic carbocycles. The molecule has 0 bridgehead atoms. The Hall–Kier alpha value is -3.16. The number of aromatic nitrogens is 2. The van der Waals surface area contributed by atoms with E-state index >= 15 is 0 Å². The van der Waals surface area contributed by atoms with Crippen LogP contribution in [-0.4, -0.2) is 28.4 Å². The van der Waals surface area contributed by atoms with Crippen LogP contribution >= 0.6 is 23.2 Å². The second-order valence-corrected chi connectivity index (χ2v) is 7.14. The summed E-state index contributed by atoms with van der Waals surface area (Å²) in [5, 5.41) is 9.30. The molecule has 29 heavy (non-hydrogen) atoms. The molecule has 2 heterocycles. The highest BCUT2D eigenvalue weighted by atomic mass is 35.5. The molecule has 0 radical (unpaired) electrons. The van der Waals surface area contributed by atoms with Crippen LogP contribution in [0.1, 0.15) is 5.69 Å². The smallest absolute Gasteiger partial charge is 0.254 e. The molecule has 0 atom stereocenters. The van der Waals surface area contributed by atoms with Gasteiger partial charge >= 0.3 is 0 Å². The first-order chi connectivity index (χ1) is 13.9. The number of anilines is 2. The van der Waals surface area contributed by atoms with Crippen molar-refractivity contribution in [3.8, 4) is 11.6 Å². The molecule has 1 fully saturated rings. The third kappa shape index (κ3) is 3.87. The van der Waals surface area contributed by atoms with E-state index in [1.807, 2.05) is 18.2 Å². The van der Waals surface area contributed by atoms with Gasteiger partial charge in [-0.15, -0.1) is 0 Å². The first-order valence-electron chi connectivity index (χ1n) is 8.65. The highest BCUT2D eigenvalue weighted by Crippen LogP contribution is 2.32. The van der Waals surface area contributed by atoms with E-state index in [1.165, 1.54) is 9.80 Å². The molecule has 0 unspecified atom stereocenters. The zero-order valence-electron chi connectivity index (χ0n) is 15.3. The Kier molecular flexibility index (Phi) is 5.08. The van der Waals surface area contributed by atoms with Gasteiger partial charge in [0.2, 0.25) is 17.8 Å². The van der Waals surface area contributed by atoms with E-state index in [4.69, 9.17) is 33.3 Å². The van der Waals surface area contributed by atoms with E-state index in [0.29, 0.717) is 27.2 Å². The Labute approximate surface area is 177 Å². The summed E-state index contributed by atoms with van der Waals surface area (Å²) in [5.74, 6) is 0.562. The molecule has 146 valence electrons. The number of halogens is 2. The van der Waals surface area contributed by atoms with Crippen LogP contribution < -0.4 is 14.5 Å². The lowest BCUT2D eigenvalue weighted by molar-refractivity contribution is -0.115. The van der Waals surface area contributed by atoms with Crippen LogP contribution in [0.25, 0.3) is 0 Å². The van der Waals surface area contributed by atoms with E-state index in [9.17, 15) is 4.79 Å². The van der Waals surface area contributed by atoms with Crippen molar-refractivity contribution in [3.05, 3.63) is 70.3 Å². The molecule has 1 N–H and O–H groups in total. The van der Waals surface area contributed by atoms with Gasteiger partial charge in [0.25, 0.3) is 5.91 Å². The van der Waals surface area contributed by atoms with Crippen molar-refractivity contribution < 1.29 is 9.53 Å². The third-order valence-corrected chi connectivity index (χ3v) is 4.72.